The molecular weight excluding hydrogens is 350 g/mol. The van der Waals surface area contributed by atoms with E-state index in [9.17, 15) is 5.11 Å². The fraction of sp³-hybridized carbons (Fsp3) is 0.227. The van der Waals surface area contributed by atoms with Crippen LogP contribution in [0.15, 0.2) is 67.3 Å². The largest absolute Gasteiger partial charge is 0.390 e. The summed E-state index contributed by atoms with van der Waals surface area (Å²) in [6.07, 6.45) is 3.53. The smallest absolute Gasteiger partial charge is 0.177 e. The average Bonchev–Trinajstić information content (AvgIpc) is 3.43. The van der Waals surface area contributed by atoms with Crippen molar-refractivity contribution in [2.24, 2.45) is 0 Å². The van der Waals surface area contributed by atoms with Gasteiger partial charge in [0.1, 0.15) is 12.0 Å². The third-order valence-electron chi connectivity index (χ3n) is 5.43. The zero-order chi connectivity index (χ0) is 19.1. The molecule has 140 valence electrons. The van der Waals surface area contributed by atoms with E-state index in [1.54, 1.807) is 6.33 Å². The minimum Gasteiger partial charge on any atom is -0.390 e. The van der Waals surface area contributed by atoms with Crippen LogP contribution >= 0.6 is 0 Å². The van der Waals surface area contributed by atoms with E-state index in [1.165, 1.54) is 5.56 Å². The van der Waals surface area contributed by atoms with Crippen molar-refractivity contribution in [2.75, 3.05) is 0 Å². The van der Waals surface area contributed by atoms with E-state index in [4.69, 9.17) is 4.98 Å². The van der Waals surface area contributed by atoms with E-state index in [0.717, 1.165) is 28.3 Å². The number of benzene rings is 2. The van der Waals surface area contributed by atoms with E-state index in [2.05, 4.69) is 26.8 Å². The van der Waals surface area contributed by atoms with Crippen molar-refractivity contribution in [3.8, 4) is 22.8 Å². The van der Waals surface area contributed by atoms with Crippen molar-refractivity contribution in [2.45, 2.75) is 32.0 Å². The number of hydrogen-bond donors (Lipinski definition) is 1. The topological polar surface area (TPSA) is 68.8 Å². The van der Waals surface area contributed by atoms with E-state index >= 15 is 0 Å². The summed E-state index contributed by atoms with van der Waals surface area (Å²) >= 11 is 0. The molecule has 2 aromatic heterocycles. The number of fused-ring (bicyclic) bond motifs is 1. The highest BCUT2D eigenvalue weighted by Gasteiger charge is 2.35. The van der Waals surface area contributed by atoms with Crippen LogP contribution in [0.2, 0.25) is 0 Å². The number of aryl methyl sites for hydroxylation is 1. The Hall–Kier alpha value is -3.25. The molecule has 0 spiro atoms. The van der Waals surface area contributed by atoms with Gasteiger partial charge in [-0.25, -0.2) is 14.6 Å². The van der Waals surface area contributed by atoms with Gasteiger partial charge in [-0.1, -0.05) is 54.6 Å². The highest BCUT2D eigenvalue weighted by atomic mass is 16.3. The van der Waals surface area contributed by atoms with Gasteiger partial charge in [0.25, 0.3) is 0 Å². The molecule has 0 bridgehead atoms. The number of hydrogen-bond acceptors (Lipinski definition) is 4. The van der Waals surface area contributed by atoms with Crippen LogP contribution in [-0.4, -0.2) is 35.5 Å². The fourth-order valence-corrected chi connectivity index (χ4v) is 4.17. The molecular formula is C22H21N5O. The summed E-state index contributed by atoms with van der Waals surface area (Å²) in [6, 6.07) is 18.1. The van der Waals surface area contributed by atoms with Crippen LogP contribution in [0.5, 0.6) is 0 Å². The maximum Gasteiger partial charge on any atom is 0.177 e. The second kappa shape index (κ2) is 6.73. The first-order valence-corrected chi connectivity index (χ1v) is 9.54. The van der Waals surface area contributed by atoms with Crippen LogP contribution in [0.1, 0.15) is 24.1 Å². The van der Waals surface area contributed by atoms with Gasteiger partial charge in [-0.2, -0.15) is 5.10 Å². The predicted octanol–water partition coefficient (Wildman–Crippen LogP) is 3.33. The maximum atomic E-state index is 10.9. The Morgan fingerprint density at radius 2 is 1.82 bits per heavy atom. The van der Waals surface area contributed by atoms with Crippen molar-refractivity contribution < 1.29 is 5.11 Å². The molecule has 0 amide bonds. The SMILES string of the molecule is CCn1ncnc1-c1c(-c2ccccc2)ncn1[C@H]1c2ccccc2CC1O. The van der Waals surface area contributed by atoms with Crippen LogP contribution in [0, 0.1) is 0 Å². The molecule has 28 heavy (non-hydrogen) atoms. The minimum atomic E-state index is -0.507. The highest BCUT2D eigenvalue weighted by molar-refractivity contribution is 5.75. The average molecular weight is 371 g/mol. The van der Waals surface area contributed by atoms with E-state index in [0.29, 0.717) is 13.0 Å². The molecule has 6 heteroatoms. The summed E-state index contributed by atoms with van der Waals surface area (Å²) in [5, 5.41) is 15.3. The van der Waals surface area contributed by atoms with Crippen molar-refractivity contribution in [1.29, 1.82) is 0 Å². The van der Waals surface area contributed by atoms with Gasteiger partial charge in [-0.3, -0.25) is 0 Å². The highest BCUT2D eigenvalue weighted by Crippen LogP contribution is 2.40. The summed E-state index contributed by atoms with van der Waals surface area (Å²) < 4.78 is 3.93. The molecule has 0 fully saturated rings. The first-order valence-electron chi connectivity index (χ1n) is 9.54. The number of imidazole rings is 1. The Bertz CT molecular complexity index is 1110. The van der Waals surface area contributed by atoms with Gasteiger partial charge in [-0.15, -0.1) is 0 Å². The first-order chi connectivity index (χ1) is 13.8. The Labute approximate surface area is 163 Å². The van der Waals surface area contributed by atoms with Gasteiger partial charge >= 0.3 is 0 Å². The van der Waals surface area contributed by atoms with Crippen molar-refractivity contribution in [3.63, 3.8) is 0 Å². The summed E-state index contributed by atoms with van der Waals surface area (Å²) in [7, 11) is 0. The molecule has 2 aromatic carbocycles. The van der Waals surface area contributed by atoms with Crippen molar-refractivity contribution in [3.05, 3.63) is 78.4 Å². The first kappa shape index (κ1) is 16.9. The fourth-order valence-electron chi connectivity index (χ4n) is 4.17. The molecule has 0 saturated heterocycles. The monoisotopic (exact) mass is 371 g/mol. The number of rotatable bonds is 4. The normalized spacial score (nSPS) is 18.4. The molecule has 0 aliphatic heterocycles. The standard InChI is InChI=1S/C22H21N5O/c1-2-27-22(23-13-25-27)21-19(15-8-4-3-5-9-15)24-14-26(21)20-17-11-7-6-10-16(17)12-18(20)28/h3-11,13-14,18,20,28H,2,12H2,1H3/t18?,20-/m0/s1. The summed E-state index contributed by atoms with van der Waals surface area (Å²) in [6.45, 7) is 2.75. The van der Waals surface area contributed by atoms with Crippen LogP contribution in [0.3, 0.4) is 0 Å². The lowest BCUT2D eigenvalue weighted by molar-refractivity contribution is 0.145. The zero-order valence-electron chi connectivity index (χ0n) is 15.6. The third-order valence-corrected chi connectivity index (χ3v) is 5.43. The number of aromatic nitrogens is 5. The molecule has 4 aromatic rings. The van der Waals surface area contributed by atoms with Gasteiger partial charge in [0.05, 0.1) is 24.2 Å². The van der Waals surface area contributed by atoms with Crippen LogP contribution in [0.4, 0.5) is 0 Å². The molecule has 1 aliphatic rings. The molecule has 0 radical (unpaired) electrons. The van der Waals surface area contributed by atoms with Gasteiger partial charge in [-0.05, 0) is 18.1 Å². The van der Waals surface area contributed by atoms with Crippen molar-refractivity contribution >= 4 is 0 Å². The second-order valence-corrected chi connectivity index (χ2v) is 7.03. The quantitative estimate of drug-likeness (QED) is 0.597. The van der Waals surface area contributed by atoms with E-state index < -0.39 is 6.10 Å². The second-order valence-electron chi connectivity index (χ2n) is 7.03. The van der Waals surface area contributed by atoms with Gasteiger partial charge in [0, 0.05) is 18.5 Å². The molecule has 5 rings (SSSR count). The Morgan fingerprint density at radius 1 is 1.04 bits per heavy atom. The molecule has 2 atom stereocenters. The molecule has 6 nitrogen and oxygen atoms in total. The number of nitrogens with zero attached hydrogens (tertiary/aromatic N) is 5. The van der Waals surface area contributed by atoms with Gasteiger partial charge < -0.3 is 9.67 Å². The maximum absolute atomic E-state index is 10.9. The lowest BCUT2D eigenvalue weighted by Crippen LogP contribution is -2.22. The zero-order valence-corrected chi connectivity index (χ0v) is 15.6. The molecule has 2 heterocycles. The minimum absolute atomic E-state index is 0.196. The molecule has 1 aliphatic carbocycles. The lowest BCUT2D eigenvalue weighted by atomic mass is 10.1. The Morgan fingerprint density at radius 3 is 2.64 bits per heavy atom. The van der Waals surface area contributed by atoms with Crippen molar-refractivity contribution in [1.82, 2.24) is 24.3 Å². The number of aliphatic hydroxyl groups is 1. The lowest BCUT2D eigenvalue weighted by Gasteiger charge is -2.21. The predicted molar refractivity (Wildman–Crippen MR) is 107 cm³/mol. The van der Waals surface area contributed by atoms with Crippen LogP contribution in [0.25, 0.3) is 22.8 Å². The van der Waals surface area contributed by atoms with Gasteiger partial charge in [0.2, 0.25) is 0 Å². The van der Waals surface area contributed by atoms with E-state index in [-0.39, 0.29) is 6.04 Å². The third kappa shape index (κ3) is 2.57. The Kier molecular flexibility index (Phi) is 4.06. The summed E-state index contributed by atoms with van der Waals surface area (Å²) in [5.41, 5.74) is 5.06. The molecule has 1 unspecified atom stereocenters. The summed E-state index contributed by atoms with van der Waals surface area (Å²) in [4.78, 5) is 9.28. The molecule has 1 N–H and O–H groups in total. The Balaban J connectivity index is 1.75. The summed E-state index contributed by atoms with van der Waals surface area (Å²) in [5.74, 6) is 0.760. The molecule has 0 saturated carbocycles. The van der Waals surface area contributed by atoms with Gasteiger partial charge in [0.15, 0.2) is 5.82 Å². The van der Waals surface area contributed by atoms with Crippen LogP contribution in [-0.2, 0) is 13.0 Å². The van der Waals surface area contributed by atoms with Crippen LogP contribution < -0.4 is 0 Å². The van der Waals surface area contributed by atoms with E-state index in [1.807, 2.05) is 60.4 Å². The number of aliphatic hydroxyl groups excluding tert-OH is 1.